The smallest absolute Gasteiger partial charge is 0.120 e. The summed E-state index contributed by atoms with van der Waals surface area (Å²) in [6.07, 6.45) is -0.609. The monoisotopic (exact) mass is 466 g/mol. The van der Waals surface area contributed by atoms with E-state index in [0.717, 1.165) is 11.1 Å². The Morgan fingerprint density at radius 2 is 1.03 bits per heavy atom. The molecule has 1 aliphatic rings. The summed E-state index contributed by atoms with van der Waals surface area (Å²) in [4.78, 5) is 0. The lowest BCUT2D eigenvalue weighted by atomic mass is 9.67. The summed E-state index contributed by atoms with van der Waals surface area (Å²) in [7, 11) is 0. The fourth-order valence-corrected chi connectivity index (χ4v) is 5.17. The maximum absolute atomic E-state index is 9.53. The Morgan fingerprint density at radius 1 is 0.600 bits per heavy atom. The fourth-order valence-electron chi connectivity index (χ4n) is 5.17. The van der Waals surface area contributed by atoms with E-state index in [1.807, 2.05) is 38.1 Å². The number of ether oxygens (including phenoxy) is 2. The van der Waals surface area contributed by atoms with Gasteiger partial charge in [0.1, 0.15) is 23.7 Å². The van der Waals surface area contributed by atoms with Crippen LogP contribution in [0.15, 0.2) is 97.1 Å². The van der Waals surface area contributed by atoms with Crippen LogP contribution >= 0.6 is 0 Å². The Labute approximate surface area is 206 Å². The third-order valence-corrected chi connectivity index (χ3v) is 6.68. The molecule has 0 aromatic heterocycles. The van der Waals surface area contributed by atoms with Gasteiger partial charge < -0.3 is 19.7 Å². The summed E-state index contributed by atoms with van der Waals surface area (Å²) in [6.45, 7) is 3.60. The van der Waals surface area contributed by atoms with Crippen molar-refractivity contribution in [2.75, 3.05) is 13.2 Å². The molecule has 0 saturated heterocycles. The lowest BCUT2D eigenvalue weighted by Crippen LogP contribution is -2.29. The zero-order valence-electron chi connectivity index (χ0n) is 20.0. The fraction of sp³-hybridized carbons (Fsp3) is 0.226. The number of benzene rings is 4. The van der Waals surface area contributed by atoms with Gasteiger partial charge >= 0.3 is 0 Å². The van der Waals surface area contributed by atoms with Gasteiger partial charge in [-0.3, -0.25) is 0 Å². The second-order valence-electron chi connectivity index (χ2n) is 9.12. The molecule has 178 valence electrons. The summed E-state index contributed by atoms with van der Waals surface area (Å²) in [5, 5.41) is 19.1. The molecule has 0 fully saturated rings. The van der Waals surface area contributed by atoms with Crippen LogP contribution in [-0.4, -0.2) is 35.6 Å². The lowest BCUT2D eigenvalue weighted by molar-refractivity contribution is 0.129. The van der Waals surface area contributed by atoms with Gasteiger partial charge in [0.15, 0.2) is 0 Å². The number of hydrogen-bond acceptors (Lipinski definition) is 4. The van der Waals surface area contributed by atoms with Crippen molar-refractivity contribution in [3.63, 3.8) is 0 Å². The second kappa shape index (κ2) is 9.57. The van der Waals surface area contributed by atoms with Gasteiger partial charge in [-0.25, -0.2) is 0 Å². The highest BCUT2D eigenvalue weighted by Gasteiger charge is 2.46. The van der Waals surface area contributed by atoms with Crippen LogP contribution in [0.3, 0.4) is 0 Å². The summed E-state index contributed by atoms with van der Waals surface area (Å²) < 4.78 is 12.0. The molecule has 0 saturated carbocycles. The van der Waals surface area contributed by atoms with Crippen molar-refractivity contribution in [1.29, 1.82) is 0 Å². The summed E-state index contributed by atoms with van der Waals surface area (Å²) in [5.41, 5.74) is 6.36. The van der Waals surface area contributed by atoms with Gasteiger partial charge in [-0.15, -0.1) is 0 Å². The first-order chi connectivity index (χ1) is 17.1. The number of aliphatic hydroxyl groups excluding tert-OH is 2. The summed E-state index contributed by atoms with van der Waals surface area (Å²) in [5.74, 6) is 1.43. The van der Waals surface area contributed by atoms with E-state index in [4.69, 9.17) is 9.47 Å². The Kier molecular flexibility index (Phi) is 6.33. The zero-order valence-corrected chi connectivity index (χ0v) is 20.0. The van der Waals surface area contributed by atoms with Crippen LogP contribution in [0.2, 0.25) is 0 Å². The van der Waals surface area contributed by atoms with Gasteiger partial charge in [-0.1, -0.05) is 72.8 Å². The van der Waals surface area contributed by atoms with E-state index in [2.05, 4.69) is 72.8 Å². The molecule has 0 spiro atoms. The predicted octanol–water partition coefficient (Wildman–Crippen LogP) is 5.57. The Balaban J connectivity index is 1.79. The molecular formula is C31H30O4. The molecule has 0 radical (unpaired) electrons. The third kappa shape index (κ3) is 3.99. The molecule has 0 amide bonds. The van der Waals surface area contributed by atoms with Crippen LogP contribution in [0, 0.1) is 0 Å². The molecule has 4 aromatic carbocycles. The average Bonchev–Trinajstić information content (AvgIpc) is 3.20. The maximum atomic E-state index is 9.53. The third-order valence-electron chi connectivity index (χ3n) is 6.68. The molecule has 4 heteroatoms. The van der Waals surface area contributed by atoms with Crippen molar-refractivity contribution in [2.45, 2.75) is 31.5 Å². The average molecular weight is 467 g/mol. The number of fused-ring (bicyclic) bond motifs is 3. The van der Waals surface area contributed by atoms with E-state index >= 15 is 0 Å². The van der Waals surface area contributed by atoms with E-state index in [9.17, 15) is 10.2 Å². The van der Waals surface area contributed by atoms with Crippen LogP contribution in [0.4, 0.5) is 0 Å². The number of aliphatic hydroxyl groups is 2. The topological polar surface area (TPSA) is 58.9 Å². The van der Waals surface area contributed by atoms with Crippen molar-refractivity contribution in [3.8, 4) is 22.6 Å². The molecule has 0 bridgehead atoms. The number of rotatable bonds is 8. The van der Waals surface area contributed by atoms with Crippen molar-refractivity contribution in [2.24, 2.45) is 0 Å². The molecule has 0 heterocycles. The SMILES string of the molecule is CC(CO)Oc1cccc(C2(c3cccc(OC(C)CO)c3)c3ccccc3-c3ccccc32)c1. The van der Waals surface area contributed by atoms with Crippen LogP contribution in [0.5, 0.6) is 11.5 Å². The van der Waals surface area contributed by atoms with E-state index in [1.54, 1.807) is 0 Å². The van der Waals surface area contributed by atoms with Gasteiger partial charge in [-0.05, 0) is 71.5 Å². The minimum Gasteiger partial charge on any atom is -0.488 e. The highest BCUT2D eigenvalue weighted by Crippen LogP contribution is 2.56. The van der Waals surface area contributed by atoms with Crippen LogP contribution in [-0.2, 0) is 5.41 Å². The highest BCUT2D eigenvalue weighted by atomic mass is 16.5. The highest BCUT2D eigenvalue weighted by molar-refractivity contribution is 5.86. The largest absolute Gasteiger partial charge is 0.488 e. The van der Waals surface area contributed by atoms with Crippen molar-refractivity contribution in [1.82, 2.24) is 0 Å². The second-order valence-corrected chi connectivity index (χ2v) is 9.12. The van der Waals surface area contributed by atoms with Gasteiger partial charge in [-0.2, -0.15) is 0 Å². The van der Waals surface area contributed by atoms with E-state index in [1.165, 1.54) is 22.3 Å². The molecule has 2 atom stereocenters. The van der Waals surface area contributed by atoms with Crippen LogP contribution in [0.1, 0.15) is 36.1 Å². The number of hydrogen-bond donors (Lipinski definition) is 2. The normalized spacial score (nSPS) is 15.1. The molecule has 1 aliphatic carbocycles. The van der Waals surface area contributed by atoms with Crippen molar-refractivity contribution < 1.29 is 19.7 Å². The molecule has 5 rings (SSSR count). The minimum absolute atomic E-state index is 0.0521. The van der Waals surface area contributed by atoms with Gasteiger partial charge in [0.05, 0.1) is 18.6 Å². The minimum atomic E-state index is -0.586. The predicted molar refractivity (Wildman–Crippen MR) is 138 cm³/mol. The first kappa shape index (κ1) is 23.2. The van der Waals surface area contributed by atoms with Crippen molar-refractivity contribution >= 4 is 0 Å². The van der Waals surface area contributed by atoms with E-state index < -0.39 is 5.41 Å². The lowest BCUT2D eigenvalue weighted by Gasteiger charge is -2.34. The van der Waals surface area contributed by atoms with Gasteiger partial charge in [0, 0.05) is 0 Å². The zero-order chi connectivity index (χ0) is 24.4. The first-order valence-electron chi connectivity index (χ1n) is 12.0. The van der Waals surface area contributed by atoms with E-state index in [0.29, 0.717) is 11.5 Å². The Hall–Kier alpha value is -3.60. The van der Waals surface area contributed by atoms with Crippen LogP contribution < -0.4 is 9.47 Å². The molecule has 4 aromatic rings. The van der Waals surface area contributed by atoms with Gasteiger partial charge in [0.2, 0.25) is 0 Å². The summed E-state index contributed by atoms with van der Waals surface area (Å²) in [6, 6.07) is 33.4. The standard InChI is InChI=1S/C31H30O4/c1-21(19-32)34-25-11-7-9-23(17-25)31(24-10-8-12-26(18-24)35-22(2)20-33)29-15-5-3-13-27(29)28-14-4-6-16-30(28)31/h3-18,21-22,32-33H,19-20H2,1-2H3. The van der Waals surface area contributed by atoms with E-state index in [-0.39, 0.29) is 25.4 Å². The Morgan fingerprint density at radius 3 is 1.46 bits per heavy atom. The molecule has 35 heavy (non-hydrogen) atoms. The summed E-state index contributed by atoms with van der Waals surface area (Å²) >= 11 is 0. The molecular weight excluding hydrogens is 436 g/mol. The van der Waals surface area contributed by atoms with Crippen molar-refractivity contribution in [3.05, 3.63) is 119 Å². The van der Waals surface area contributed by atoms with Gasteiger partial charge in [0.25, 0.3) is 0 Å². The molecule has 2 unspecified atom stereocenters. The molecule has 2 N–H and O–H groups in total. The maximum Gasteiger partial charge on any atom is 0.120 e. The quantitative estimate of drug-likeness (QED) is 0.314. The van der Waals surface area contributed by atoms with Crippen LogP contribution in [0.25, 0.3) is 11.1 Å². The Bertz CT molecular complexity index is 1230. The first-order valence-corrected chi connectivity index (χ1v) is 12.0. The molecule has 0 aliphatic heterocycles. The molecule has 4 nitrogen and oxygen atoms in total.